The van der Waals surface area contributed by atoms with Gasteiger partial charge < -0.3 is 14.2 Å². The molecule has 1 heterocycles. The third kappa shape index (κ3) is 4.83. The summed E-state index contributed by atoms with van der Waals surface area (Å²) in [6.07, 6.45) is 0.0604. The predicted molar refractivity (Wildman–Crippen MR) is 138 cm³/mol. The van der Waals surface area contributed by atoms with E-state index in [1.165, 1.54) is 14.2 Å². The van der Waals surface area contributed by atoms with Crippen LogP contribution in [0, 0.1) is 5.41 Å². The van der Waals surface area contributed by atoms with E-state index in [1.807, 2.05) is 78.9 Å². The fraction of sp³-hybridized carbons (Fsp3) is 0.286. The van der Waals surface area contributed by atoms with Gasteiger partial charge in [-0.15, -0.1) is 0 Å². The molecule has 8 heteroatoms. The van der Waals surface area contributed by atoms with Gasteiger partial charge in [-0.05, 0) is 60.4 Å². The number of anilines is 1. The van der Waals surface area contributed by atoms with Gasteiger partial charge in [0.25, 0.3) is 0 Å². The average Bonchev–Trinajstić information content (AvgIpc) is 3.11. The number of rotatable bonds is 6. The number of carbonyl (C=O) groups excluding carboxylic acids is 2. The maximum Gasteiger partial charge on any atom is 0.325 e. The molecule has 3 aromatic rings. The Morgan fingerprint density at radius 2 is 1.44 bits per heavy atom. The number of halogens is 1. The molecule has 7 nitrogen and oxygen atoms in total. The summed E-state index contributed by atoms with van der Waals surface area (Å²) in [5.41, 5.74) is 0.585. The van der Waals surface area contributed by atoms with Crippen LogP contribution < -0.4 is 9.80 Å². The molecule has 0 radical (unpaired) electrons. The van der Waals surface area contributed by atoms with Crippen LogP contribution in [-0.4, -0.2) is 33.3 Å². The minimum atomic E-state index is -1.69. The third-order valence-corrected chi connectivity index (χ3v) is 7.05. The molecule has 0 unspecified atom stereocenters. The Labute approximate surface area is 219 Å². The van der Waals surface area contributed by atoms with Crippen molar-refractivity contribution in [3.05, 3.63) is 94.5 Å². The zero-order valence-corrected chi connectivity index (χ0v) is 21.9. The standard InChI is InChI=1S/C28H28BrNO6/c1-33-23-15-11-19(12-16-23)24-17-18-28(26(31)34-2,27(32)35-3)25(20-9-13-21(29)14-10-20)30(36-24)22-7-5-4-6-8-22/h4-16,24-25H,17-18H2,1-3H3/t24-,25-/m1/s1. The summed E-state index contributed by atoms with van der Waals surface area (Å²) >= 11 is 3.47. The molecule has 1 saturated heterocycles. The second-order valence-corrected chi connectivity index (χ2v) is 9.39. The highest BCUT2D eigenvalue weighted by Crippen LogP contribution is 2.51. The highest BCUT2D eigenvalue weighted by molar-refractivity contribution is 9.10. The van der Waals surface area contributed by atoms with Crippen LogP contribution in [0.3, 0.4) is 0 Å². The average molecular weight is 554 g/mol. The number of hydroxylamine groups is 1. The van der Waals surface area contributed by atoms with Crippen molar-refractivity contribution in [1.29, 1.82) is 0 Å². The first-order valence-electron chi connectivity index (χ1n) is 11.5. The number of hydrogen-bond acceptors (Lipinski definition) is 7. The van der Waals surface area contributed by atoms with Crippen LogP contribution in [-0.2, 0) is 23.9 Å². The first-order chi connectivity index (χ1) is 17.4. The number of esters is 2. The second-order valence-electron chi connectivity index (χ2n) is 8.48. The van der Waals surface area contributed by atoms with E-state index in [0.29, 0.717) is 17.7 Å². The van der Waals surface area contributed by atoms with Gasteiger partial charge in [0, 0.05) is 4.47 Å². The van der Waals surface area contributed by atoms with Crippen LogP contribution in [0.2, 0.25) is 0 Å². The van der Waals surface area contributed by atoms with Gasteiger partial charge in [-0.2, -0.15) is 0 Å². The number of hydrogen-bond donors (Lipinski definition) is 0. The molecule has 0 saturated carbocycles. The summed E-state index contributed by atoms with van der Waals surface area (Å²) in [5.74, 6) is -0.636. The molecule has 0 aromatic heterocycles. The number of benzene rings is 3. The van der Waals surface area contributed by atoms with Gasteiger partial charge in [0.05, 0.1) is 27.0 Å². The SMILES string of the molecule is COC(=O)C1(C(=O)OC)CC[C@H](c2ccc(OC)cc2)ON(c2ccccc2)[C@@H]1c1ccc(Br)cc1. The van der Waals surface area contributed by atoms with E-state index in [-0.39, 0.29) is 6.42 Å². The van der Waals surface area contributed by atoms with Crippen molar-refractivity contribution < 1.29 is 28.6 Å². The molecule has 0 spiro atoms. The van der Waals surface area contributed by atoms with E-state index in [0.717, 1.165) is 15.8 Å². The molecule has 4 rings (SSSR count). The Kier molecular flexibility index (Phi) is 7.96. The van der Waals surface area contributed by atoms with Crippen molar-refractivity contribution in [2.75, 3.05) is 26.4 Å². The Bertz CT molecular complexity index is 1170. The second kappa shape index (κ2) is 11.1. The topological polar surface area (TPSA) is 74.3 Å². The van der Waals surface area contributed by atoms with Gasteiger partial charge in [0.2, 0.25) is 0 Å². The lowest BCUT2D eigenvalue weighted by Gasteiger charge is -2.40. The maximum atomic E-state index is 13.6. The zero-order chi connectivity index (χ0) is 25.7. The molecule has 2 atom stereocenters. The molecule has 0 aliphatic carbocycles. The minimum Gasteiger partial charge on any atom is -0.497 e. The number of nitrogens with zero attached hydrogens (tertiary/aromatic N) is 1. The Balaban J connectivity index is 1.95. The smallest absolute Gasteiger partial charge is 0.325 e. The molecule has 0 amide bonds. The van der Waals surface area contributed by atoms with Crippen LogP contribution in [0.4, 0.5) is 5.69 Å². The van der Waals surface area contributed by atoms with Gasteiger partial charge in [-0.1, -0.05) is 58.4 Å². The molecule has 3 aromatic carbocycles. The molecule has 1 fully saturated rings. The molecule has 188 valence electrons. The zero-order valence-electron chi connectivity index (χ0n) is 20.3. The lowest BCUT2D eigenvalue weighted by Crippen LogP contribution is -2.51. The van der Waals surface area contributed by atoms with Crippen molar-refractivity contribution in [1.82, 2.24) is 0 Å². The van der Waals surface area contributed by atoms with Gasteiger partial charge >= 0.3 is 11.9 Å². The maximum absolute atomic E-state index is 13.6. The van der Waals surface area contributed by atoms with E-state index in [9.17, 15) is 9.59 Å². The summed E-state index contributed by atoms with van der Waals surface area (Å²) in [4.78, 5) is 33.8. The highest BCUT2D eigenvalue weighted by Gasteiger charge is 2.59. The molecule has 0 bridgehead atoms. The number of ether oxygens (including phenoxy) is 3. The Morgan fingerprint density at radius 3 is 2.00 bits per heavy atom. The lowest BCUT2D eigenvalue weighted by molar-refractivity contribution is -0.172. The molecule has 36 heavy (non-hydrogen) atoms. The van der Waals surface area contributed by atoms with Crippen molar-refractivity contribution in [2.45, 2.75) is 25.0 Å². The molecule has 1 aliphatic rings. The first-order valence-corrected chi connectivity index (χ1v) is 12.3. The minimum absolute atomic E-state index is 0.146. The van der Waals surface area contributed by atoms with Crippen molar-refractivity contribution >= 4 is 33.6 Å². The van der Waals surface area contributed by atoms with E-state index >= 15 is 0 Å². The van der Waals surface area contributed by atoms with Crippen LogP contribution in [0.15, 0.2) is 83.3 Å². The molecule has 0 N–H and O–H groups in total. The van der Waals surface area contributed by atoms with Gasteiger partial charge in [0.15, 0.2) is 5.41 Å². The number of para-hydroxylation sites is 1. The predicted octanol–water partition coefficient (Wildman–Crippen LogP) is 5.80. The van der Waals surface area contributed by atoms with Crippen molar-refractivity contribution in [3.8, 4) is 5.75 Å². The van der Waals surface area contributed by atoms with Crippen molar-refractivity contribution in [2.24, 2.45) is 5.41 Å². The summed E-state index contributed by atoms with van der Waals surface area (Å²) in [5, 5.41) is 1.65. The van der Waals surface area contributed by atoms with Gasteiger partial charge in [-0.25, -0.2) is 5.06 Å². The van der Waals surface area contributed by atoms with E-state index in [1.54, 1.807) is 12.2 Å². The summed E-state index contributed by atoms with van der Waals surface area (Å²) in [7, 11) is 4.18. The Hall–Kier alpha value is -3.36. The van der Waals surface area contributed by atoms with E-state index < -0.39 is 29.5 Å². The highest BCUT2D eigenvalue weighted by atomic mass is 79.9. The fourth-order valence-corrected chi connectivity index (χ4v) is 4.98. The largest absolute Gasteiger partial charge is 0.497 e. The number of carbonyl (C=O) groups is 2. The van der Waals surface area contributed by atoms with Crippen LogP contribution >= 0.6 is 15.9 Å². The molecular weight excluding hydrogens is 526 g/mol. The molecule has 1 aliphatic heterocycles. The van der Waals surface area contributed by atoms with Gasteiger partial charge in [-0.3, -0.25) is 14.4 Å². The fourth-order valence-electron chi connectivity index (χ4n) is 4.72. The van der Waals surface area contributed by atoms with Crippen LogP contribution in [0.5, 0.6) is 5.75 Å². The summed E-state index contributed by atoms with van der Waals surface area (Å²) < 4.78 is 16.7. The van der Waals surface area contributed by atoms with Crippen LogP contribution in [0.1, 0.15) is 36.1 Å². The van der Waals surface area contributed by atoms with Crippen LogP contribution in [0.25, 0.3) is 0 Å². The molecular formula is C28H28BrNO6. The monoisotopic (exact) mass is 553 g/mol. The Morgan fingerprint density at radius 1 is 0.861 bits per heavy atom. The van der Waals surface area contributed by atoms with Crippen molar-refractivity contribution in [3.63, 3.8) is 0 Å². The lowest BCUT2D eigenvalue weighted by atomic mass is 9.72. The summed E-state index contributed by atoms with van der Waals surface area (Å²) in [6.45, 7) is 0. The van der Waals surface area contributed by atoms with E-state index in [4.69, 9.17) is 19.0 Å². The first kappa shape index (κ1) is 25.7. The van der Waals surface area contributed by atoms with E-state index in [2.05, 4.69) is 15.9 Å². The van der Waals surface area contributed by atoms with Gasteiger partial charge in [0.1, 0.15) is 17.9 Å². The quantitative estimate of drug-likeness (QED) is 0.282. The summed E-state index contributed by atoms with van der Waals surface area (Å²) in [6, 6.07) is 23.6. The number of methoxy groups -OCH3 is 3. The third-order valence-electron chi connectivity index (χ3n) is 6.53. The normalized spacial score (nSPS) is 19.2.